The summed E-state index contributed by atoms with van der Waals surface area (Å²) in [5.74, 6) is 1.26. The predicted molar refractivity (Wildman–Crippen MR) is 163 cm³/mol. The molecule has 8 bridgehead atoms. The summed E-state index contributed by atoms with van der Waals surface area (Å²) in [6.07, 6.45) is 9.52. The third-order valence-electron chi connectivity index (χ3n) is 6.31. The lowest BCUT2D eigenvalue weighted by Crippen LogP contribution is -2.14. The van der Waals surface area contributed by atoms with Gasteiger partial charge in [0.05, 0.1) is 26.1 Å². The lowest BCUT2D eigenvalue weighted by molar-refractivity contribution is -0.116. The van der Waals surface area contributed by atoms with E-state index in [2.05, 4.69) is 43.2 Å². The highest BCUT2D eigenvalue weighted by atomic mass is 32.1. The van der Waals surface area contributed by atoms with Crippen LogP contribution in [0.4, 0.5) is 10.3 Å². The van der Waals surface area contributed by atoms with Crippen LogP contribution in [0.5, 0.6) is 11.5 Å². The summed E-state index contributed by atoms with van der Waals surface area (Å²) in [4.78, 5) is 25.0. The summed E-state index contributed by atoms with van der Waals surface area (Å²) in [6.45, 7) is 1.12. The highest BCUT2D eigenvalue weighted by Gasteiger charge is 2.12. The Balaban J connectivity index is 1.18. The third-order valence-corrected chi connectivity index (χ3v) is 8.10. The van der Waals surface area contributed by atoms with E-state index >= 15 is 0 Å². The van der Waals surface area contributed by atoms with Crippen molar-refractivity contribution in [2.45, 2.75) is 51.4 Å². The molecule has 0 radical (unpaired) electrons. The largest absolute Gasteiger partial charge is 0.493 e. The highest BCUT2D eigenvalue weighted by molar-refractivity contribution is 7.15. The van der Waals surface area contributed by atoms with Gasteiger partial charge >= 0.3 is 0 Å². The Morgan fingerprint density at radius 3 is 1.45 bits per heavy atom. The Bertz CT molecular complexity index is 1370. The number of carbonyl (C=O) groups is 2. The molecule has 218 valence electrons. The average molecular weight is 605 g/mol. The van der Waals surface area contributed by atoms with Gasteiger partial charge in [0.2, 0.25) is 22.1 Å². The summed E-state index contributed by atoms with van der Waals surface area (Å²) in [5.41, 5.74) is 1.79. The van der Waals surface area contributed by atoms with Crippen molar-refractivity contribution in [2.24, 2.45) is 0 Å². The number of fused-ring (bicyclic) bond motifs is 2. The van der Waals surface area contributed by atoms with Crippen molar-refractivity contribution in [1.29, 1.82) is 0 Å². The van der Waals surface area contributed by atoms with Crippen molar-refractivity contribution in [3.05, 3.63) is 81.8 Å². The second-order valence-electron chi connectivity index (χ2n) is 9.69. The minimum atomic E-state index is -0.137. The summed E-state index contributed by atoms with van der Waals surface area (Å²) in [7, 11) is 0. The first-order chi connectivity index (χ1) is 20.6. The number of hydrogen-bond donors (Lipinski definition) is 2. The lowest BCUT2D eigenvalue weighted by atomic mass is 10.1. The Hall–Kier alpha value is -4.16. The number of amides is 2. The zero-order valence-electron chi connectivity index (χ0n) is 23.1. The quantitative estimate of drug-likeness (QED) is 0.255. The van der Waals surface area contributed by atoms with Crippen molar-refractivity contribution in [3.63, 3.8) is 0 Å². The fourth-order valence-corrected chi connectivity index (χ4v) is 5.79. The number of nitrogens with one attached hydrogen (secondary N) is 2. The third kappa shape index (κ3) is 9.45. The number of rotatable bonds is 0. The van der Waals surface area contributed by atoms with Gasteiger partial charge in [-0.3, -0.25) is 9.59 Å². The number of aryl methyl sites for hydroxylation is 2. The second-order valence-corrected chi connectivity index (χ2v) is 11.8. The zero-order chi connectivity index (χ0) is 29.0. The van der Waals surface area contributed by atoms with E-state index in [-0.39, 0.29) is 24.7 Å². The van der Waals surface area contributed by atoms with Crippen LogP contribution in [0.2, 0.25) is 0 Å². The van der Waals surface area contributed by atoms with E-state index in [4.69, 9.17) is 9.47 Å². The van der Waals surface area contributed by atoms with Crippen LogP contribution in [-0.4, -0.2) is 45.4 Å². The van der Waals surface area contributed by atoms with Crippen LogP contribution < -0.4 is 20.1 Å². The first-order valence-electron chi connectivity index (χ1n) is 13.9. The van der Waals surface area contributed by atoms with Crippen molar-refractivity contribution in [1.82, 2.24) is 20.4 Å². The standard InChI is InChI=1S/C30H32N6O4S2/c37-25-19-21-9-13-23(14-10-21)39-17-5-1-2-6-18-40-24-15-11-22(12-16-24)20-26(38)32-30-36-34-28(42-30)8-4-3-7-27-33-35-29(31-25)41-27/h1-2,9-16H,3-8,17-20H2,(H,31,35,37)(H,32,36,38)/b2-1+. The molecule has 2 amide bonds. The van der Waals surface area contributed by atoms with Crippen LogP contribution in [0.3, 0.4) is 0 Å². The van der Waals surface area contributed by atoms with Gasteiger partial charge in [-0.1, -0.05) is 59.1 Å². The van der Waals surface area contributed by atoms with Crippen LogP contribution in [0.25, 0.3) is 0 Å². The van der Waals surface area contributed by atoms with E-state index in [0.29, 0.717) is 23.5 Å². The van der Waals surface area contributed by atoms with Gasteiger partial charge in [-0.05, 0) is 61.1 Å². The molecule has 0 fully saturated rings. The fourth-order valence-electron chi connectivity index (χ4n) is 4.19. The van der Waals surface area contributed by atoms with E-state index in [9.17, 15) is 9.59 Å². The monoisotopic (exact) mass is 604 g/mol. The van der Waals surface area contributed by atoms with Crippen LogP contribution in [0.1, 0.15) is 46.8 Å². The molecule has 2 N–H and O–H groups in total. The normalized spacial score (nSPS) is 16.7. The number of aromatic nitrogens is 4. The molecule has 0 saturated heterocycles. The molecule has 10 nitrogen and oxygen atoms in total. The second kappa shape index (κ2) is 15.2. The van der Waals surface area contributed by atoms with Crippen LogP contribution in [0.15, 0.2) is 60.7 Å². The molecule has 3 aliphatic rings. The summed E-state index contributed by atoms with van der Waals surface area (Å²) < 4.78 is 11.6. The topological polar surface area (TPSA) is 128 Å². The lowest BCUT2D eigenvalue weighted by Gasteiger charge is -2.07. The van der Waals surface area contributed by atoms with Crippen molar-refractivity contribution in [3.8, 4) is 11.5 Å². The van der Waals surface area contributed by atoms with Gasteiger partial charge in [-0.15, -0.1) is 20.4 Å². The Morgan fingerprint density at radius 2 is 1.02 bits per heavy atom. The molecule has 4 aromatic rings. The minimum Gasteiger partial charge on any atom is -0.493 e. The molecule has 42 heavy (non-hydrogen) atoms. The van der Waals surface area contributed by atoms with Crippen molar-refractivity contribution >= 4 is 44.8 Å². The molecular weight excluding hydrogens is 573 g/mol. The summed E-state index contributed by atoms with van der Waals surface area (Å²) in [6, 6.07) is 15.1. The summed E-state index contributed by atoms with van der Waals surface area (Å²) >= 11 is 2.78. The zero-order valence-corrected chi connectivity index (χ0v) is 24.7. The van der Waals surface area contributed by atoms with Gasteiger partial charge in [0.15, 0.2) is 0 Å². The molecule has 7 rings (SSSR count). The van der Waals surface area contributed by atoms with E-state index in [1.165, 1.54) is 22.7 Å². The molecule has 0 spiro atoms. The van der Waals surface area contributed by atoms with Gasteiger partial charge in [0, 0.05) is 12.8 Å². The minimum absolute atomic E-state index is 0.137. The Labute approximate surface area is 252 Å². The molecule has 5 heterocycles. The van der Waals surface area contributed by atoms with E-state index < -0.39 is 0 Å². The van der Waals surface area contributed by atoms with E-state index in [1.54, 1.807) is 0 Å². The number of anilines is 2. The molecule has 0 atom stereocenters. The van der Waals surface area contributed by atoms with Gasteiger partial charge in [0.25, 0.3) is 0 Å². The Morgan fingerprint density at radius 1 is 0.595 bits per heavy atom. The molecule has 0 unspecified atom stereocenters. The first kappa shape index (κ1) is 29.3. The number of hydrogen-bond acceptors (Lipinski definition) is 10. The van der Waals surface area contributed by atoms with Gasteiger partial charge in [-0.2, -0.15) is 0 Å². The number of ether oxygens (including phenoxy) is 2. The molecule has 2 aromatic carbocycles. The number of nitrogens with zero attached hydrogens (tertiary/aromatic N) is 4. The molecule has 3 aliphatic heterocycles. The Kier molecular flexibility index (Phi) is 10.6. The number of carbonyl (C=O) groups excluding carboxylic acids is 2. The maximum Gasteiger partial charge on any atom is 0.230 e. The van der Waals surface area contributed by atoms with Gasteiger partial charge in [0.1, 0.15) is 21.5 Å². The highest BCUT2D eigenvalue weighted by Crippen LogP contribution is 2.21. The van der Waals surface area contributed by atoms with Crippen LogP contribution >= 0.6 is 22.7 Å². The smallest absolute Gasteiger partial charge is 0.230 e. The van der Waals surface area contributed by atoms with Gasteiger partial charge < -0.3 is 20.1 Å². The number of benzene rings is 2. The molecule has 2 aromatic heterocycles. The maximum atomic E-state index is 12.5. The van der Waals surface area contributed by atoms with Crippen molar-refractivity contribution < 1.29 is 19.1 Å². The van der Waals surface area contributed by atoms with E-state index in [1.807, 2.05) is 48.5 Å². The van der Waals surface area contributed by atoms with Crippen molar-refractivity contribution in [2.75, 3.05) is 23.8 Å². The predicted octanol–water partition coefficient (Wildman–Crippen LogP) is 5.43. The average Bonchev–Trinajstić information content (AvgIpc) is 3.62. The molecular formula is C30H32N6O4S2. The molecule has 12 heteroatoms. The SMILES string of the molecule is O=C1Cc2ccc(cc2)OCC/C=C/CCOc2ccc(cc2)CC(=O)Nc2nnc(s2)CCCCc2nnc(s2)N1. The summed E-state index contributed by atoms with van der Waals surface area (Å²) in [5, 5.41) is 25.1. The fraction of sp³-hybridized carbons (Fsp3) is 0.333. The molecule has 0 saturated carbocycles. The van der Waals surface area contributed by atoms with Crippen LogP contribution in [-0.2, 0) is 35.3 Å². The maximum absolute atomic E-state index is 12.5. The van der Waals surface area contributed by atoms with Crippen LogP contribution in [0, 0.1) is 0 Å². The molecule has 0 aliphatic carbocycles. The van der Waals surface area contributed by atoms with Gasteiger partial charge in [-0.25, -0.2) is 0 Å². The first-order valence-corrected chi connectivity index (χ1v) is 15.6. The van der Waals surface area contributed by atoms with E-state index in [0.717, 1.165) is 71.2 Å².